The van der Waals surface area contributed by atoms with Gasteiger partial charge in [-0.3, -0.25) is 14.0 Å². The van der Waals surface area contributed by atoms with Gasteiger partial charge >= 0.3 is 5.69 Å². The van der Waals surface area contributed by atoms with Crippen molar-refractivity contribution in [1.82, 2.24) is 14.0 Å². The van der Waals surface area contributed by atoms with Crippen LogP contribution in [-0.2, 0) is 20.6 Å². The summed E-state index contributed by atoms with van der Waals surface area (Å²) in [5.41, 5.74) is 5.28. The largest absolute Gasteiger partial charge is 0.355 e. The summed E-state index contributed by atoms with van der Waals surface area (Å²) in [6.45, 7) is 3.48. The zero-order chi connectivity index (χ0) is 17.4. The molecule has 1 aliphatic rings. The summed E-state index contributed by atoms with van der Waals surface area (Å²) in [6.07, 6.45) is 2.65. The third-order valence-electron chi connectivity index (χ3n) is 5.12. The van der Waals surface area contributed by atoms with Crippen LogP contribution in [0.15, 0.2) is 47.3 Å². The first kappa shape index (κ1) is 16.0. The van der Waals surface area contributed by atoms with Gasteiger partial charge in [-0.25, -0.2) is 4.79 Å². The van der Waals surface area contributed by atoms with E-state index in [1.807, 2.05) is 25.2 Å². The Kier molecular flexibility index (Phi) is 4.09. The smallest absolute Gasteiger partial charge is 0.328 e. The number of nitrogens with one attached hydrogen (secondary N) is 1. The maximum Gasteiger partial charge on any atom is 0.328 e. The molecule has 0 unspecified atom stereocenters. The van der Waals surface area contributed by atoms with E-state index >= 15 is 0 Å². The van der Waals surface area contributed by atoms with Crippen molar-refractivity contribution in [3.05, 3.63) is 58.5 Å². The lowest BCUT2D eigenvalue weighted by atomic mass is 10.2. The summed E-state index contributed by atoms with van der Waals surface area (Å²) in [4.78, 5) is 14.5. The number of fused-ring (bicyclic) bond motifs is 1. The number of likely N-dealkylation sites (tertiary alicyclic amines) is 1. The van der Waals surface area contributed by atoms with Crippen LogP contribution in [0.25, 0.3) is 11.0 Å². The second-order valence-electron chi connectivity index (χ2n) is 6.91. The van der Waals surface area contributed by atoms with Crippen molar-refractivity contribution in [2.75, 3.05) is 18.4 Å². The monoisotopic (exact) mass is 336 g/mol. The van der Waals surface area contributed by atoms with Crippen molar-refractivity contribution in [3.63, 3.8) is 0 Å². The number of hydrogen-bond donors (Lipinski definition) is 1. The standard InChI is InChI=1S/C20H24N4O/c1-22-18-10-9-17(13-19(18)23(2)20(22)25)21-16-7-5-15(6-8-16)14-24-11-3-4-12-24/h5-10,13,21H,3-4,11-12,14H2,1-2H3. The van der Waals surface area contributed by atoms with E-state index in [2.05, 4.69) is 34.5 Å². The van der Waals surface area contributed by atoms with Crippen molar-refractivity contribution >= 4 is 22.4 Å². The van der Waals surface area contributed by atoms with Gasteiger partial charge in [-0.15, -0.1) is 0 Å². The lowest BCUT2D eigenvalue weighted by Crippen LogP contribution is -2.19. The van der Waals surface area contributed by atoms with Gasteiger partial charge in [-0.05, 0) is 61.8 Å². The maximum atomic E-state index is 12.0. The number of hydrogen-bond acceptors (Lipinski definition) is 3. The molecule has 2 aromatic carbocycles. The molecule has 3 aromatic rings. The molecule has 25 heavy (non-hydrogen) atoms. The Balaban J connectivity index is 1.52. The molecule has 0 saturated carbocycles. The molecule has 1 saturated heterocycles. The molecule has 0 bridgehead atoms. The van der Waals surface area contributed by atoms with E-state index in [-0.39, 0.29) is 5.69 Å². The number of imidazole rings is 1. The van der Waals surface area contributed by atoms with Gasteiger partial charge in [0.1, 0.15) is 0 Å². The lowest BCUT2D eigenvalue weighted by Gasteiger charge is -2.15. The van der Waals surface area contributed by atoms with E-state index in [9.17, 15) is 4.79 Å². The van der Waals surface area contributed by atoms with E-state index in [0.29, 0.717) is 0 Å². The normalized spacial score (nSPS) is 15.1. The third-order valence-corrected chi connectivity index (χ3v) is 5.12. The molecular weight excluding hydrogens is 312 g/mol. The van der Waals surface area contributed by atoms with Crippen LogP contribution < -0.4 is 11.0 Å². The average molecular weight is 336 g/mol. The Morgan fingerprint density at radius 1 is 0.880 bits per heavy atom. The molecule has 0 radical (unpaired) electrons. The van der Waals surface area contributed by atoms with Crippen molar-refractivity contribution in [1.29, 1.82) is 0 Å². The topological polar surface area (TPSA) is 42.2 Å². The van der Waals surface area contributed by atoms with Gasteiger partial charge in [-0.1, -0.05) is 12.1 Å². The summed E-state index contributed by atoms with van der Waals surface area (Å²) in [6, 6.07) is 14.7. The Labute approximate surface area is 147 Å². The SMILES string of the molecule is Cn1c(=O)n(C)c2cc(Nc3ccc(CN4CCCC4)cc3)ccc21. The van der Waals surface area contributed by atoms with E-state index in [1.54, 1.807) is 16.2 Å². The highest BCUT2D eigenvalue weighted by Gasteiger charge is 2.11. The van der Waals surface area contributed by atoms with E-state index < -0.39 is 0 Å². The van der Waals surface area contributed by atoms with Crippen LogP contribution in [0.3, 0.4) is 0 Å². The van der Waals surface area contributed by atoms with E-state index in [0.717, 1.165) is 29.0 Å². The fourth-order valence-corrected chi connectivity index (χ4v) is 3.64. The zero-order valence-electron chi connectivity index (χ0n) is 14.8. The van der Waals surface area contributed by atoms with Gasteiger partial charge in [0, 0.05) is 32.0 Å². The van der Waals surface area contributed by atoms with Crippen LogP contribution in [0, 0.1) is 0 Å². The minimum absolute atomic E-state index is 0.00147. The Morgan fingerprint density at radius 2 is 1.52 bits per heavy atom. The first-order valence-corrected chi connectivity index (χ1v) is 8.85. The number of nitrogens with zero attached hydrogens (tertiary/aromatic N) is 3. The molecule has 1 aromatic heterocycles. The first-order valence-electron chi connectivity index (χ1n) is 8.85. The molecule has 4 rings (SSSR count). The van der Waals surface area contributed by atoms with Crippen molar-refractivity contribution in [3.8, 4) is 0 Å². The van der Waals surface area contributed by atoms with Gasteiger partial charge in [0.05, 0.1) is 11.0 Å². The molecule has 5 heteroatoms. The van der Waals surface area contributed by atoms with Crippen LogP contribution in [0.5, 0.6) is 0 Å². The molecule has 1 aliphatic heterocycles. The molecule has 0 aliphatic carbocycles. The van der Waals surface area contributed by atoms with Gasteiger partial charge in [0.2, 0.25) is 0 Å². The summed E-state index contributed by atoms with van der Waals surface area (Å²) >= 11 is 0. The molecule has 0 amide bonds. The molecule has 2 heterocycles. The zero-order valence-corrected chi connectivity index (χ0v) is 14.8. The van der Waals surface area contributed by atoms with Gasteiger partial charge in [0.25, 0.3) is 0 Å². The molecule has 0 spiro atoms. The summed E-state index contributed by atoms with van der Waals surface area (Å²) in [5.74, 6) is 0. The predicted molar refractivity (Wildman–Crippen MR) is 102 cm³/mol. The van der Waals surface area contributed by atoms with Gasteiger partial charge in [-0.2, -0.15) is 0 Å². The third kappa shape index (κ3) is 3.07. The van der Waals surface area contributed by atoms with Gasteiger partial charge in [0.15, 0.2) is 0 Å². The Bertz CT molecular complexity index is 946. The van der Waals surface area contributed by atoms with Crippen molar-refractivity contribution < 1.29 is 0 Å². The summed E-state index contributed by atoms with van der Waals surface area (Å²) in [5, 5.41) is 3.43. The van der Waals surface area contributed by atoms with E-state index in [1.165, 1.54) is 31.5 Å². The number of anilines is 2. The van der Waals surface area contributed by atoms with Crippen LogP contribution in [0.2, 0.25) is 0 Å². The predicted octanol–water partition coefficient (Wildman–Crippen LogP) is 3.22. The van der Waals surface area contributed by atoms with Crippen LogP contribution in [-0.4, -0.2) is 27.1 Å². The quantitative estimate of drug-likeness (QED) is 0.795. The van der Waals surface area contributed by atoms with Gasteiger partial charge < -0.3 is 5.32 Å². The Morgan fingerprint density at radius 3 is 2.24 bits per heavy atom. The molecule has 5 nitrogen and oxygen atoms in total. The molecule has 130 valence electrons. The number of benzene rings is 2. The average Bonchev–Trinajstić information content (AvgIpc) is 3.21. The van der Waals surface area contributed by atoms with Crippen LogP contribution in [0.1, 0.15) is 18.4 Å². The lowest BCUT2D eigenvalue weighted by molar-refractivity contribution is 0.331. The highest BCUT2D eigenvalue weighted by Crippen LogP contribution is 2.22. The second kappa shape index (κ2) is 6.41. The number of rotatable bonds is 4. The van der Waals surface area contributed by atoms with Crippen molar-refractivity contribution in [2.45, 2.75) is 19.4 Å². The fraction of sp³-hybridized carbons (Fsp3) is 0.350. The number of aryl methyl sites for hydroxylation is 2. The number of aromatic nitrogens is 2. The second-order valence-corrected chi connectivity index (χ2v) is 6.91. The first-order chi connectivity index (χ1) is 12.1. The molecule has 1 N–H and O–H groups in total. The Hall–Kier alpha value is -2.53. The molecule has 0 atom stereocenters. The summed E-state index contributed by atoms with van der Waals surface area (Å²) < 4.78 is 3.35. The minimum atomic E-state index is -0.00147. The van der Waals surface area contributed by atoms with Crippen molar-refractivity contribution in [2.24, 2.45) is 14.1 Å². The molecular formula is C20H24N4O. The minimum Gasteiger partial charge on any atom is -0.355 e. The van der Waals surface area contributed by atoms with Crippen LogP contribution >= 0.6 is 0 Å². The highest BCUT2D eigenvalue weighted by atomic mass is 16.1. The summed E-state index contributed by atoms with van der Waals surface area (Å²) in [7, 11) is 3.61. The van der Waals surface area contributed by atoms with E-state index in [4.69, 9.17) is 0 Å². The highest BCUT2D eigenvalue weighted by molar-refractivity contribution is 5.81. The van der Waals surface area contributed by atoms with Crippen LogP contribution in [0.4, 0.5) is 11.4 Å². The fourth-order valence-electron chi connectivity index (χ4n) is 3.64. The molecule has 1 fully saturated rings. The maximum absolute atomic E-state index is 12.0.